The average molecular weight is 218 g/mol. The molecule has 1 heterocycles. The summed E-state index contributed by atoms with van der Waals surface area (Å²) < 4.78 is 5.11. The van der Waals surface area contributed by atoms with E-state index in [1.165, 1.54) is 24.8 Å². The molecule has 2 rings (SSSR count). The smallest absolute Gasteiger partial charge is 0.339 e. The van der Waals surface area contributed by atoms with E-state index in [0.717, 1.165) is 23.1 Å². The van der Waals surface area contributed by atoms with Crippen LogP contribution in [0.2, 0.25) is 0 Å². The zero-order valence-corrected chi connectivity index (χ0v) is 10.0. The highest BCUT2D eigenvalue weighted by molar-refractivity contribution is 5.95. The Labute approximate surface area is 96.6 Å². The van der Waals surface area contributed by atoms with Gasteiger partial charge >= 0.3 is 5.97 Å². The van der Waals surface area contributed by atoms with Crippen LogP contribution in [0.4, 0.5) is 0 Å². The molecule has 0 aliphatic carbocycles. The minimum atomic E-state index is -0.148. The van der Waals surface area contributed by atoms with Crippen LogP contribution in [-0.2, 0) is 17.8 Å². The van der Waals surface area contributed by atoms with Crippen LogP contribution in [-0.4, -0.2) is 5.97 Å². The zero-order valence-electron chi connectivity index (χ0n) is 10.0. The molecule has 0 radical (unpaired) electrons. The lowest BCUT2D eigenvalue weighted by molar-refractivity contribution is 0.0534. The molecule has 1 aliphatic rings. The van der Waals surface area contributed by atoms with Gasteiger partial charge in [0.15, 0.2) is 0 Å². The van der Waals surface area contributed by atoms with Crippen LogP contribution in [0, 0.1) is 6.92 Å². The van der Waals surface area contributed by atoms with Gasteiger partial charge in [-0.2, -0.15) is 0 Å². The molecule has 0 fully saturated rings. The third-order valence-electron chi connectivity index (χ3n) is 3.22. The molecular formula is C14H18O2. The number of hydrogen-bond donors (Lipinski definition) is 0. The van der Waals surface area contributed by atoms with E-state index in [1.807, 2.05) is 13.0 Å². The normalized spacial score (nSPS) is 13.8. The zero-order chi connectivity index (χ0) is 11.5. The molecule has 0 saturated carbocycles. The van der Waals surface area contributed by atoms with Gasteiger partial charge in [0.1, 0.15) is 6.61 Å². The topological polar surface area (TPSA) is 26.3 Å². The molecular weight excluding hydrogens is 200 g/mol. The van der Waals surface area contributed by atoms with Crippen LogP contribution in [0.15, 0.2) is 12.1 Å². The molecule has 0 amide bonds. The number of cyclic esters (lactones) is 1. The minimum absolute atomic E-state index is 0.148. The number of esters is 1. The van der Waals surface area contributed by atoms with Crippen molar-refractivity contribution in [2.45, 2.75) is 46.1 Å². The van der Waals surface area contributed by atoms with E-state index < -0.39 is 0 Å². The van der Waals surface area contributed by atoms with Crippen LogP contribution < -0.4 is 0 Å². The van der Waals surface area contributed by atoms with Crippen molar-refractivity contribution >= 4 is 5.97 Å². The first-order chi connectivity index (χ1) is 7.74. The van der Waals surface area contributed by atoms with Gasteiger partial charge in [-0.15, -0.1) is 0 Å². The summed E-state index contributed by atoms with van der Waals surface area (Å²) in [6, 6.07) is 4.18. The van der Waals surface area contributed by atoms with Crippen molar-refractivity contribution in [3.63, 3.8) is 0 Å². The molecule has 2 nitrogen and oxygen atoms in total. The number of ether oxygens (including phenoxy) is 1. The third kappa shape index (κ3) is 1.97. The SMILES string of the molecule is CCCCCc1ccc(C)c2c1COC2=O. The molecule has 0 N–H and O–H groups in total. The van der Waals surface area contributed by atoms with E-state index in [0.29, 0.717) is 6.61 Å². The summed E-state index contributed by atoms with van der Waals surface area (Å²) in [6.45, 7) is 4.64. The van der Waals surface area contributed by atoms with Gasteiger partial charge in [0.2, 0.25) is 0 Å². The third-order valence-corrected chi connectivity index (χ3v) is 3.22. The van der Waals surface area contributed by atoms with E-state index in [-0.39, 0.29) is 5.97 Å². The van der Waals surface area contributed by atoms with Gasteiger partial charge < -0.3 is 4.74 Å². The molecule has 1 aliphatic heterocycles. The summed E-state index contributed by atoms with van der Waals surface area (Å²) in [5.41, 5.74) is 4.27. The summed E-state index contributed by atoms with van der Waals surface area (Å²) in [5, 5.41) is 0. The standard InChI is InChI=1S/C14H18O2/c1-3-4-5-6-11-8-7-10(2)13-12(11)9-16-14(13)15/h7-8H,3-6,9H2,1-2H3. The number of aryl methyl sites for hydroxylation is 2. The van der Waals surface area contributed by atoms with Gasteiger partial charge in [-0.1, -0.05) is 31.9 Å². The second-order valence-electron chi connectivity index (χ2n) is 4.43. The maximum absolute atomic E-state index is 11.5. The first-order valence-corrected chi connectivity index (χ1v) is 6.02. The van der Waals surface area contributed by atoms with E-state index >= 15 is 0 Å². The predicted octanol–water partition coefficient (Wildman–Crippen LogP) is 3.40. The molecule has 1 aromatic carbocycles. The number of unbranched alkanes of at least 4 members (excludes halogenated alkanes) is 2. The van der Waals surface area contributed by atoms with Crippen molar-refractivity contribution in [3.05, 3.63) is 34.4 Å². The molecule has 0 saturated heterocycles. The summed E-state index contributed by atoms with van der Waals surface area (Å²) in [5.74, 6) is -0.148. The molecule has 0 aromatic heterocycles. The van der Waals surface area contributed by atoms with Gasteiger partial charge in [0.25, 0.3) is 0 Å². The Morgan fingerprint density at radius 2 is 2.12 bits per heavy atom. The lowest BCUT2D eigenvalue weighted by Crippen LogP contribution is -1.99. The Hall–Kier alpha value is -1.31. The van der Waals surface area contributed by atoms with E-state index in [4.69, 9.17) is 4.74 Å². The fourth-order valence-electron chi connectivity index (χ4n) is 2.27. The van der Waals surface area contributed by atoms with Crippen molar-refractivity contribution in [2.75, 3.05) is 0 Å². The molecule has 0 spiro atoms. The number of fused-ring (bicyclic) bond motifs is 1. The Kier molecular flexibility index (Phi) is 3.28. The lowest BCUT2D eigenvalue weighted by Gasteiger charge is -2.07. The number of hydrogen-bond acceptors (Lipinski definition) is 2. The van der Waals surface area contributed by atoms with Crippen LogP contribution in [0.25, 0.3) is 0 Å². The molecule has 0 unspecified atom stereocenters. The first kappa shape index (κ1) is 11.2. The van der Waals surface area contributed by atoms with Crippen LogP contribution in [0.5, 0.6) is 0 Å². The highest BCUT2D eigenvalue weighted by atomic mass is 16.5. The van der Waals surface area contributed by atoms with Crippen molar-refractivity contribution in [1.82, 2.24) is 0 Å². The fraction of sp³-hybridized carbons (Fsp3) is 0.500. The average Bonchev–Trinajstić information content (AvgIpc) is 2.66. The summed E-state index contributed by atoms with van der Waals surface area (Å²) in [6.07, 6.45) is 4.73. The van der Waals surface area contributed by atoms with E-state index in [1.54, 1.807) is 0 Å². The van der Waals surface area contributed by atoms with Gasteiger partial charge in [0.05, 0.1) is 5.56 Å². The van der Waals surface area contributed by atoms with Crippen LogP contribution in [0.1, 0.15) is 53.2 Å². The minimum Gasteiger partial charge on any atom is -0.457 e. The Balaban J connectivity index is 2.24. The maximum Gasteiger partial charge on any atom is 0.339 e. The van der Waals surface area contributed by atoms with Gasteiger partial charge in [0, 0.05) is 5.56 Å². The highest BCUT2D eigenvalue weighted by Crippen LogP contribution is 2.27. The van der Waals surface area contributed by atoms with E-state index in [2.05, 4.69) is 13.0 Å². The lowest BCUT2D eigenvalue weighted by atomic mass is 9.95. The van der Waals surface area contributed by atoms with Crippen LogP contribution in [0.3, 0.4) is 0 Å². The quantitative estimate of drug-likeness (QED) is 0.572. The maximum atomic E-state index is 11.5. The second-order valence-corrected chi connectivity index (χ2v) is 4.43. The van der Waals surface area contributed by atoms with Gasteiger partial charge in [-0.25, -0.2) is 4.79 Å². The second kappa shape index (κ2) is 4.69. The highest BCUT2D eigenvalue weighted by Gasteiger charge is 2.25. The number of rotatable bonds is 4. The largest absolute Gasteiger partial charge is 0.457 e. The van der Waals surface area contributed by atoms with Gasteiger partial charge in [-0.3, -0.25) is 0 Å². The molecule has 86 valence electrons. The van der Waals surface area contributed by atoms with Crippen LogP contribution >= 0.6 is 0 Å². The van der Waals surface area contributed by atoms with Crippen molar-refractivity contribution in [3.8, 4) is 0 Å². The number of carbonyl (C=O) groups excluding carboxylic acids is 1. The molecule has 0 atom stereocenters. The molecule has 2 heteroatoms. The summed E-state index contributed by atoms with van der Waals surface area (Å²) >= 11 is 0. The van der Waals surface area contributed by atoms with Crippen molar-refractivity contribution in [2.24, 2.45) is 0 Å². The molecule has 1 aromatic rings. The van der Waals surface area contributed by atoms with Crippen molar-refractivity contribution in [1.29, 1.82) is 0 Å². The van der Waals surface area contributed by atoms with Gasteiger partial charge in [-0.05, 0) is 30.9 Å². The summed E-state index contributed by atoms with van der Waals surface area (Å²) in [4.78, 5) is 11.5. The number of benzene rings is 1. The molecule has 0 bridgehead atoms. The summed E-state index contributed by atoms with van der Waals surface area (Å²) in [7, 11) is 0. The van der Waals surface area contributed by atoms with E-state index in [9.17, 15) is 4.79 Å². The Morgan fingerprint density at radius 3 is 2.88 bits per heavy atom. The number of carbonyl (C=O) groups is 1. The molecule has 16 heavy (non-hydrogen) atoms. The Morgan fingerprint density at radius 1 is 1.31 bits per heavy atom. The Bertz CT molecular complexity index is 407. The van der Waals surface area contributed by atoms with Crippen molar-refractivity contribution < 1.29 is 9.53 Å². The first-order valence-electron chi connectivity index (χ1n) is 6.02. The fourth-order valence-corrected chi connectivity index (χ4v) is 2.27. The monoisotopic (exact) mass is 218 g/mol. The predicted molar refractivity (Wildman–Crippen MR) is 63.5 cm³/mol.